The number of hydrogen-bond acceptors (Lipinski definition) is 2. The first kappa shape index (κ1) is 3.10. The summed E-state index contributed by atoms with van der Waals surface area (Å²) in [4.78, 5) is 1.98. The second-order valence-electron chi connectivity index (χ2n) is 0.652. The summed E-state index contributed by atoms with van der Waals surface area (Å²) >= 11 is 0.326. The van der Waals surface area contributed by atoms with Crippen molar-refractivity contribution in [3.8, 4) is 0 Å². The van der Waals surface area contributed by atoms with Gasteiger partial charge in [-0.25, -0.2) is 0 Å². The average Bonchev–Trinajstić information content (AvgIpc) is 1.76. The van der Waals surface area contributed by atoms with Gasteiger partial charge in [0.2, 0.25) is 0 Å². The molecule has 1 rings (SSSR count). The van der Waals surface area contributed by atoms with Crippen LogP contribution in [0.4, 0.5) is 0 Å². The van der Waals surface area contributed by atoms with Gasteiger partial charge in [0.1, 0.15) is 0 Å². The van der Waals surface area contributed by atoms with Gasteiger partial charge in [-0.2, -0.15) is 0 Å². The Balaban J connectivity index is 2.61. The van der Waals surface area contributed by atoms with Crippen LogP contribution in [0.25, 0.3) is 0 Å². The summed E-state index contributed by atoms with van der Waals surface area (Å²) in [5.74, 6) is 0. The molecule has 0 radical (unpaired) electrons. The van der Waals surface area contributed by atoms with Crippen molar-refractivity contribution >= 4 is 25.2 Å². The Bertz CT molecular complexity index is 65.7. The second-order valence-corrected chi connectivity index (χ2v) is 2.30. The predicted octanol–water partition coefficient (Wildman–Crippen LogP) is -1.00. The Morgan fingerprint density at radius 1 is 1.80 bits per heavy atom. The first-order chi connectivity index (χ1) is 2.50. The molecule has 0 atom stereocenters. The molecule has 26 valence electrons. The summed E-state index contributed by atoms with van der Waals surface area (Å²) in [6.07, 6.45) is 0. The normalized spacial score (nSPS) is 19.2. The molecule has 1 N–H and O–H groups in total. The van der Waals surface area contributed by atoms with Crippen LogP contribution in [0.3, 0.4) is 0 Å². The van der Waals surface area contributed by atoms with Crippen LogP contribution in [0.5, 0.6) is 0 Å². The van der Waals surface area contributed by atoms with E-state index in [1.165, 1.54) is 0 Å². The number of hydrogen-bond donors (Lipinski definition) is 1. The van der Waals surface area contributed by atoms with E-state index in [0.717, 1.165) is 0 Å². The predicted molar refractivity (Wildman–Crippen MR) is 23.4 cm³/mol. The number of nitrogens with one attached hydrogen (secondary N) is 1. The summed E-state index contributed by atoms with van der Waals surface area (Å²) in [7, 11) is 0. The zero-order chi connectivity index (χ0) is 3.54. The molecule has 0 aromatic rings. The molecule has 0 spiro atoms. The van der Waals surface area contributed by atoms with E-state index in [0.29, 0.717) is 15.3 Å². The number of rotatable bonds is 0. The summed E-state index contributed by atoms with van der Waals surface area (Å²) in [6, 6.07) is 0. The minimum absolute atomic E-state index is 0.326. The maximum absolute atomic E-state index is 3.69. The first-order valence-corrected chi connectivity index (χ1v) is 3.45. The fraction of sp³-hybridized carbons (Fsp3) is 0. The van der Waals surface area contributed by atoms with E-state index in [-0.39, 0.29) is 0 Å². The molecule has 5 heavy (non-hydrogen) atoms. The average molecular weight is 130 g/mol. The van der Waals surface area contributed by atoms with E-state index < -0.39 is 0 Å². The van der Waals surface area contributed by atoms with Gasteiger partial charge in [0.15, 0.2) is 0 Å². The molecule has 1 heterocycles. The third-order valence-electron chi connectivity index (χ3n) is 0.331. The molecule has 0 aromatic heterocycles. The zero-order valence-corrected chi connectivity index (χ0v) is 4.43. The van der Waals surface area contributed by atoms with Gasteiger partial charge in [0, 0.05) is 0 Å². The van der Waals surface area contributed by atoms with Gasteiger partial charge >= 0.3 is 35.8 Å². The summed E-state index contributed by atoms with van der Waals surface area (Å²) in [5.41, 5.74) is 2.71. The van der Waals surface area contributed by atoms with Gasteiger partial charge in [0.05, 0.1) is 0 Å². The van der Waals surface area contributed by atoms with Crippen molar-refractivity contribution in [3.05, 3.63) is 0 Å². The van der Waals surface area contributed by atoms with Crippen molar-refractivity contribution in [1.82, 2.24) is 5.43 Å². The zero-order valence-electron chi connectivity index (χ0n) is 2.55. The summed E-state index contributed by atoms with van der Waals surface area (Å²) in [6.45, 7) is 0. The minimum atomic E-state index is 0.326. The molecule has 0 amide bonds. The molecule has 1 aliphatic rings. The fourth-order valence-corrected chi connectivity index (χ4v) is 0.866. The van der Waals surface area contributed by atoms with Crippen LogP contribution in [0, 0.1) is 0 Å². The molecular weight excluding hydrogens is 127 g/mol. The first-order valence-electron chi connectivity index (χ1n) is 1.29. The van der Waals surface area contributed by atoms with E-state index in [1.54, 1.807) is 0 Å². The van der Waals surface area contributed by atoms with Crippen LogP contribution < -0.4 is 5.43 Å². The Hall–Kier alpha value is -0.102. The van der Waals surface area contributed by atoms with Crippen LogP contribution in [0.15, 0.2) is 5.10 Å². The van der Waals surface area contributed by atoms with Crippen LogP contribution in [-0.4, -0.2) is 25.2 Å². The SMILES string of the molecule is C1=NNC=[As]1. The van der Waals surface area contributed by atoms with E-state index in [2.05, 4.69) is 10.5 Å². The van der Waals surface area contributed by atoms with Crippen LogP contribution in [0.2, 0.25) is 0 Å². The van der Waals surface area contributed by atoms with Gasteiger partial charge in [-0.1, -0.05) is 0 Å². The van der Waals surface area contributed by atoms with E-state index in [4.69, 9.17) is 0 Å². The van der Waals surface area contributed by atoms with E-state index in [9.17, 15) is 0 Å². The Morgan fingerprint density at radius 2 is 2.80 bits per heavy atom. The molecule has 3 heteroatoms. The Kier molecular flexibility index (Phi) is 0.847. The third kappa shape index (κ3) is 0.586. The molecule has 0 aliphatic carbocycles. The quantitative estimate of drug-likeness (QED) is 0.418. The Labute approximate surface area is 36.5 Å². The molecule has 0 unspecified atom stereocenters. The van der Waals surface area contributed by atoms with Gasteiger partial charge in [-0.3, -0.25) is 0 Å². The molecular formula is C2H3AsN2. The van der Waals surface area contributed by atoms with Gasteiger partial charge in [0.25, 0.3) is 0 Å². The number of nitrogens with zero attached hydrogens (tertiary/aromatic N) is 1. The van der Waals surface area contributed by atoms with Crippen molar-refractivity contribution in [2.45, 2.75) is 0 Å². The van der Waals surface area contributed by atoms with Gasteiger partial charge < -0.3 is 0 Å². The van der Waals surface area contributed by atoms with Crippen LogP contribution in [-0.2, 0) is 0 Å². The van der Waals surface area contributed by atoms with Gasteiger partial charge in [-0.15, -0.1) is 0 Å². The van der Waals surface area contributed by atoms with Crippen molar-refractivity contribution < 1.29 is 0 Å². The molecule has 0 saturated heterocycles. The molecule has 1 aliphatic heterocycles. The van der Waals surface area contributed by atoms with E-state index >= 15 is 0 Å². The van der Waals surface area contributed by atoms with Crippen LogP contribution >= 0.6 is 0 Å². The topological polar surface area (TPSA) is 24.4 Å². The second kappa shape index (κ2) is 1.36. The van der Waals surface area contributed by atoms with Gasteiger partial charge in [-0.05, 0) is 0 Å². The van der Waals surface area contributed by atoms with Crippen molar-refractivity contribution in [1.29, 1.82) is 0 Å². The molecule has 0 fully saturated rings. The van der Waals surface area contributed by atoms with Crippen molar-refractivity contribution in [2.24, 2.45) is 5.10 Å². The number of hydrazone groups is 1. The fourth-order valence-electron chi connectivity index (χ4n) is 0.167. The van der Waals surface area contributed by atoms with Crippen molar-refractivity contribution in [2.75, 3.05) is 0 Å². The molecule has 0 saturated carbocycles. The molecule has 2 nitrogen and oxygen atoms in total. The standard InChI is InChI=1S/C2H3AsN2/c1-3-2-5-4-1/h1-2H,(H,4,5). The van der Waals surface area contributed by atoms with Crippen LogP contribution in [0.1, 0.15) is 0 Å². The van der Waals surface area contributed by atoms with E-state index in [1.807, 2.05) is 9.93 Å². The third-order valence-corrected chi connectivity index (χ3v) is 1.41. The molecule has 0 aromatic carbocycles. The Morgan fingerprint density at radius 3 is 3.00 bits per heavy atom. The van der Waals surface area contributed by atoms with Crippen molar-refractivity contribution in [3.63, 3.8) is 0 Å². The summed E-state index contributed by atoms with van der Waals surface area (Å²) < 4.78 is 0. The monoisotopic (exact) mass is 130 g/mol. The molecule has 0 bridgehead atoms. The summed E-state index contributed by atoms with van der Waals surface area (Å²) in [5, 5.41) is 5.61. The maximum atomic E-state index is 3.69.